The van der Waals surface area contributed by atoms with Gasteiger partial charge in [-0.3, -0.25) is 0 Å². The molecular weight excluding hydrogens is 254 g/mol. The van der Waals surface area contributed by atoms with Gasteiger partial charge < -0.3 is 5.73 Å². The highest BCUT2D eigenvalue weighted by atomic mass is 14.6. The Morgan fingerprint density at radius 3 is 1.52 bits per heavy atom. The predicted molar refractivity (Wildman–Crippen MR) is 91.9 cm³/mol. The van der Waals surface area contributed by atoms with Gasteiger partial charge in [-0.1, -0.05) is 48.5 Å². The fraction of sp³-hybridized carbons (Fsp3) is 0. The quantitative estimate of drug-likeness (QED) is 0.291. The molecule has 6 aromatic carbocycles. The van der Waals surface area contributed by atoms with E-state index in [9.17, 15) is 0 Å². The van der Waals surface area contributed by atoms with E-state index in [-0.39, 0.29) is 0 Å². The Kier molecular flexibility index (Phi) is 1.40. The number of anilines is 1. The van der Waals surface area contributed by atoms with Crippen molar-refractivity contribution < 1.29 is 0 Å². The zero-order chi connectivity index (χ0) is 13.7. The molecule has 0 bridgehead atoms. The van der Waals surface area contributed by atoms with Gasteiger partial charge in [0.25, 0.3) is 0 Å². The van der Waals surface area contributed by atoms with E-state index in [1.54, 1.807) is 0 Å². The molecule has 0 spiro atoms. The lowest BCUT2D eigenvalue weighted by molar-refractivity contribution is 1.83. The van der Waals surface area contributed by atoms with Crippen LogP contribution >= 0.6 is 0 Å². The molecule has 0 fully saturated rings. The Hall–Kier alpha value is -2.80. The topological polar surface area (TPSA) is 26.0 Å². The fourth-order valence-electron chi connectivity index (χ4n) is 4.20. The van der Waals surface area contributed by atoms with Crippen molar-refractivity contribution in [1.29, 1.82) is 0 Å². The molecule has 6 aromatic rings. The van der Waals surface area contributed by atoms with Gasteiger partial charge in [0.1, 0.15) is 0 Å². The Labute approximate surface area is 120 Å². The van der Waals surface area contributed by atoms with E-state index in [1.807, 2.05) is 0 Å². The van der Waals surface area contributed by atoms with Gasteiger partial charge in [0.05, 0.1) is 0 Å². The first-order chi connectivity index (χ1) is 10.3. The number of rotatable bonds is 0. The van der Waals surface area contributed by atoms with Crippen molar-refractivity contribution in [2.75, 3.05) is 5.73 Å². The smallest absolute Gasteiger partial charge is 0.0400 e. The number of benzene rings is 5. The molecule has 0 radical (unpaired) electrons. The van der Waals surface area contributed by atoms with Crippen LogP contribution in [-0.4, -0.2) is 0 Å². The lowest BCUT2D eigenvalue weighted by Gasteiger charge is -2.07. The molecule has 1 heteroatoms. The summed E-state index contributed by atoms with van der Waals surface area (Å²) in [6.45, 7) is 0. The minimum absolute atomic E-state index is 0.878. The van der Waals surface area contributed by atoms with E-state index >= 15 is 0 Å². The Balaban J connectivity index is 2.25. The Bertz CT molecular complexity index is 1240. The summed E-state index contributed by atoms with van der Waals surface area (Å²) in [4.78, 5) is 0. The third kappa shape index (κ3) is 0.935. The minimum atomic E-state index is 0.878. The maximum Gasteiger partial charge on any atom is 0.0400 e. The van der Waals surface area contributed by atoms with Crippen LogP contribution < -0.4 is 5.73 Å². The summed E-state index contributed by atoms with van der Waals surface area (Å²) in [5.74, 6) is 0. The molecule has 0 saturated carbocycles. The van der Waals surface area contributed by atoms with Gasteiger partial charge >= 0.3 is 0 Å². The second-order valence-electron chi connectivity index (χ2n) is 6.04. The van der Waals surface area contributed by atoms with Crippen LogP contribution in [0.3, 0.4) is 0 Å². The molecule has 0 saturated heterocycles. The highest BCUT2D eigenvalue weighted by Gasteiger charge is 2.20. The molecule has 0 aliphatic heterocycles. The first-order valence-electron chi connectivity index (χ1n) is 7.26. The largest absolute Gasteiger partial charge is 0.398 e. The van der Waals surface area contributed by atoms with Crippen LogP contribution in [0.2, 0.25) is 0 Å². The van der Waals surface area contributed by atoms with Gasteiger partial charge in [-0.2, -0.15) is 0 Å². The van der Waals surface area contributed by atoms with Crippen molar-refractivity contribution in [1.82, 2.24) is 0 Å². The number of nitrogens with two attached hydrogens (primary N) is 1. The molecular formula is C20H11N. The Morgan fingerprint density at radius 1 is 0.476 bits per heavy atom. The number of nitrogen functional groups attached to an aromatic ring is 1. The van der Waals surface area contributed by atoms with Crippen molar-refractivity contribution in [2.24, 2.45) is 0 Å². The van der Waals surface area contributed by atoms with Gasteiger partial charge in [0.15, 0.2) is 0 Å². The molecule has 96 valence electrons. The van der Waals surface area contributed by atoms with Crippen molar-refractivity contribution in [3.8, 4) is 0 Å². The van der Waals surface area contributed by atoms with E-state index in [0.717, 1.165) is 5.69 Å². The van der Waals surface area contributed by atoms with Gasteiger partial charge in [-0.05, 0) is 49.2 Å². The molecule has 0 heterocycles. The monoisotopic (exact) mass is 265 g/mol. The van der Waals surface area contributed by atoms with Crippen LogP contribution in [0.15, 0.2) is 54.6 Å². The average molecular weight is 265 g/mol. The molecule has 0 aliphatic rings. The van der Waals surface area contributed by atoms with E-state index < -0.39 is 0 Å². The number of hydrogen-bond donors (Lipinski definition) is 1. The molecule has 0 atom stereocenters. The van der Waals surface area contributed by atoms with E-state index in [2.05, 4.69) is 54.6 Å². The molecule has 21 heavy (non-hydrogen) atoms. The minimum Gasteiger partial charge on any atom is -0.398 e. The van der Waals surface area contributed by atoms with Crippen molar-refractivity contribution >= 4 is 59.5 Å². The van der Waals surface area contributed by atoms with Crippen LogP contribution in [0.25, 0.3) is 53.9 Å². The molecule has 6 rings (SSSR count). The molecule has 0 unspecified atom stereocenters. The summed E-state index contributed by atoms with van der Waals surface area (Å²) in [7, 11) is 0. The average Bonchev–Trinajstić information content (AvgIpc) is 2.88. The van der Waals surface area contributed by atoms with Gasteiger partial charge in [-0.15, -0.1) is 0 Å². The Morgan fingerprint density at radius 2 is 0.905 bits per heavy atom. The molecule has 0 aliphatic carbocycles. The SMILES string of the molecule is Nc1cc2ccc3ccc4ccc5ccc1c1c5c4c3c21. The third-order valence-corrected chi connectivity index (χ3v) is 5.05. The van der Waals surface area contributed by atoms with Crippen molar-refractivity contribution in [3.05, 3.63) is 54.6 Å². The normalized spacial score (nSPS) is 13.0. The van der Waals surface area contributed by atoms with Gasteiger partial charge in [0, 0.05) is 16.5 Å². The van der Waals surface area contributed by atoms with Crippen LogP contribution in [0.1, 0.15) is 0 Å². The van der Waals surface area contributed by atoms with Crippen LogP contribution in [0.4, 0.5) is 5.69 Å². The maximum atomic E-state index is 6.31. The van der Waals surface area contributed by atoms with E-state index in [1.165, 1.54) is 53.9 Å². The van der Waals surface area contributed by atoms with Crippen molar-refractivity contribution in [3.63, 3.8) is 0 Å². The molecule has 0 amide bonds. The molecule has 1 nitrogen and oxygen atoms in total. The maximum absolute atomic E-state index is 6.31. The van der Waals surface area contributed by atoms with Gasteiger partial charge in [0.2, 0.25) is 0 Å². The van der Waals surface area contributed by atoms with Crippen LogP contribution in [0, 0.1) is 0 Å². The highest BCUT2D eigenvalue weighted by molar-refractivity contribution is 6.45. The summed E-state index contributed by atoms with van der Waals surface area (Å²) < 4.78 is 0. The second kappa shape index (κ2) is 2.94. The van der Waals surface area contributed by atoms with Crippen LogP contribution in [-0.2, 0) is 0 Å². The summed E-state index contributed by atoms with van der Waals surface area (Å²) in [5, 5.41) is 13.3. The number of hydrogen-bond acceptors (Lipinski definition) is 1. The zero-order valence-corrected chi connectivity index (χ0v) is 11.3. The summed E-state index contributed by atoms with van der Waals surface area (Å²) in [6.07, 6.45) is 0. The first kappa shape index (κ1) is 10.0. The standard InChI is InChI=1S/C20H11N/c21-15-9-13-6-5-11-2-1-10-3-4-12-7-8-14(15)20-18(12)16(10)17(11)19(13)20/h1-9H,21H2. The van der Waals surface area contributed by atoms with Crippen LogP contribution in [0.5, 0.6) is 0 Å². The molecule has 0 aromatic heterocycles. The molecule has 2 N–H and O–H groups in total. The summed E-state index contributed by atoms with van der Waals surface area (Å²) in [5.41, 5.74) is 7.19. The third-order valence-electron chi connectivity index (χ3n) is 5.05. The van der Waals surface area contributed by atoms with E-state index in [0.29, 0.717) is 0 Å². The lowest BCUT2D eigenvalue weighted by Crippen LogP contribution is -1.87. The summed E-state index contributed by atoms with van der Waals surface area (Å²) in [6, 6.07) is 19.8. The van der Waals surface area contributed by atoms with Gasteiger partial charge in [-0.25, -0.2) is 0 Å². The van der Waals surface area contributed by atoms with E-state index in [4.69, 9.17) is 5.73 Å². The van der Waals surface area contributed by atoms with Crippen molar-refractivity contribution in [2.45, 2.75) is 0 Å². The first-order valence-corrected chi connectivity index (χ1v) is 7.26. The lowest BCUT2D eigenvalue weighted by atomic mass is 9.98. The second-order valence-corrected chi connectivity index (χ2v) is 6.04. The summed E-state index contributed by atoms with van der Waals surface area (Å²) >= 11 is 0. The zero-order valence-electron chi connectivity index (χ0n) is 11.3. The fourth-order valence-corrected chi connectivity index (χ4v) is 4.20. The highest BCUT2D eigenvalue weighted by Crippen LogP contribution is 2.48. The predicted octanol–water partition coefficient (Wildman–Crippen LogP) is 5.35.